The van der Waals surface area contributed by atoms with Crippen molar-refractivity contribution in [2.45, 2.75) is 31.3 Å². The SMILES string of the molecule is CCn1c(Oc2cccc(NC(=O)N3CCOCC3)n2)nnc1[C@@H](C)NS(=O)(=O)c1ccc(Cl)c(Cl)c1. The first-order chi connectivity index (χ1) is 17.7. The van der Waals surface area contributed by atoms with Gasteiger partial charge in [-0.15, -0.1) is 5.10 Å². The monoisotopic (exact) mass is 569 g/mol. The summed E-state index contributed by atoms with van der Waals surface area (Å²) in [5, 5.41) is 11.3. The van der Waals surface area contributed by atoms with Gasteiger partial charge in [-0.3, -0.25) is 9.88 Å². The highest BCUT2D eigenvalue weighted by atomic mass is 35.5. The Morgan fingerprint density at radius 3 is 2.62 bits per heavy atom. The summed E-state index contributed by atoms with van der Waals surface area (Å²) in [5.74, 6) is 0.815. The summed E-state index contributed by atoms with van der Waals surface area (Å²) in [7, 11) is -3.93. The first-order valence-corrected chi connectivity index (χ1v) is 13.6. The fraction of sp³-hybridized carbons (Fsp3) is 0.364. The van der Waals surface area contributed by atoms with E-state index >= 15 is 0 Å². The van der Waals surface area contributed by atoms with Gasteiger partial charge in [0.15, 0.2) is 5.82 Å². The minimum Gasteiger partial charge on any atom is -0.405 e. The Hall–Kier alpha value is -2.97. The molecule has 37 heavy (non-hydrogen) atoms. The molecule has 0 spiro atoms. The first kappa shape index (κ1) is 27.1. The number of anilines is 1. The first-order valence-electron chi connectivity index (χ1n) is 11.4. The zero-order valence-corrected chi connectivity index (χ0v) is 22.3. The van der Waals surface area contributed by atoms with Crippen LogP contribution in [-0.2, 0) is 21.3 Å². The summed E-state index contributed by atoms with van der Waals surface area (Å²) in [5.41, 5.74) is 0. The Morgan fingerprint density at radius 1 is 1.16 bits per heavy atom. The van der Waals surface area contributed by atoms with E-state index in [-0.39, 0.29) is 32.9 Å². The lowest BCUT2D eigenvalue weighted by molar-refractivity contribution is 0.0564. The number of ether oxygens (including phenoxy) is 2. The van der Waals surface area contributed by atoms with Gasteiger partial charge in [-0.2, -0.15) is 4.98 Å². The Balaban J connectivity index is 1.47. The van der Waals surface area contributed by atoms with Crippen LogP contribution in [0.1, 0.15) is 25.7 Å². The lowest BCUT2D eigenvalue weighted by Crippen LogP contribution is -2.43. The molecule has 0 aliphatic carbocycles. The van der Waals surface area contributed by atoms with Crippen LogP contribution in [0, 0.1) is 0 Å². The number of carbonyl (C=O) groups is 1. The quantitative estimate of drug-likeness (QED) is 0.418. The number of carbonyl (C=O) groups excluding carboxylic acids is 1. The van der Waals surface area contributed by atoms with Gasteiger partial charge in [-0.05, 0) is 38.1 Å². The van der Waals surface area contributed by atoms with Gasteiger partial charge < -0.3 is 14.4 Å². The van der Waals surface area contributed by atoms with Crippen LogP contribution in [0.4, 0.5) is 10.6 Å². The van der Waals surface area contributed by atoms with Crippen molar-refractivity contribution in [1.29, 1.82) is 0 Å². The van der Waals surface area contributed by atoms with E-state index in [0.29, 0.717) is 44.5 Å². The Bertz CT molecular complexity index is 1380. The molecule has 0 bridgehead atoms. The molecule has 3 aromatic rings. The number of halogens is 2. The molecule has 15 heteroatoms. The summed E-state index contributed by atoms with van der Waals surface area (Å²) in [6.07, 6.45) is 0. The number of amides is 2. The van der Waals surface area contributed by atoms with Gasteiger partial charge in [0.05, 0.1) is 34.2 Å². The van der Waals surface area contributed by atoms with Crippen molar-refractivity contribution in [3.8, 4) is 11.9 Å². The van der Waals surface area contributed by atoms with Gasteiger partial charge in [0, 0.05) is 25.7 Å². The van der Waals surface area contributed by atoms with Gasteiger partial charge in [-0.1, -0.05) is 34.4 Å². The number of rotatable bonds is 8. The van der Waals surface area contributed by atoms with E-state index in [1.54, 1.807) is 34.6 Å². The van der Waals surface area contributed by atoms with E-state index in [2.05, 4.69) is 25.2 Å². The highest BCUT2D eigenvalue weighted by Gasteiger charge is 2.25. The van der Waals surface area contributed by atoms with Crippen LogP contribution in [0.5, 0.6) is 11.9 Å². The maximum Gasteiger partial charge on any atom is 0.323 e. The summed E-state index contributed by atoms with van der Waals surface area (Å²) < 4.78 is 41.0. The van der Waals surface area contributed by atoms with Gasteiger partial charge in [-0.25, -0.2) is 17.9 Å². The van der Waals surface area contributed by atoms with E-state index in [1.165, 1.54) is 18.2 Å². The number of urea groups is 1. The molecular weight excluding hydrogens is 545 g/mol. The second kappa shape index (κ2) is 11.6. The van der Waals surface area contributed by atoms with Gasteiger partial charge in [0.2, 0.25) is 15.9 Å². The van der Waals surface area contributed by atoms with Crippen molar-refractivity contribution < 1.29 is 22.7 Å². The second-order valence-electron chi connectivity index (χ2n) is 8.00. The molecule has 1 aliphatic heterocycles. The number of morpholine rings is 1. The van der Waals surface area contributed by atoms with Crippen LogP contribution < -0.4 is 14.8 Å². The zero-order chi connectivity index (χ0) is 26.6. The number of benzene rings is 1. The van der Waals surface area contributed by atoms with Crippen LogP contribution in [0.15, 0.2) is 41.3 Å². The highest BCUT2D eigenvalue weighted by Crippen LogP contribution is 2.27. The summed E-state index contributed by atoms with van der Waals surface area (Å²) in [6.45, 7) is 5.84. The van der Waals surface area contributed by atoms with Gasteiger partial charge >= 0.3 is 12.0 Å². The second-order valence-corrected chi connectivity index (χ2v) is 10.5. The lowest BCUT2D eigenvalue weighted by atomic mass is 10.3. The number of hydrogen-bond acceptors (Lipinski definition) is 8. The molecule has 2 amide bonds. The molecule has 1 atom stereocenters. The van der Waals surface area contributed by atoms with Crippen LogP contribution in [0.25, 0.3) is 0 Å². The van der Waals surface area contributed by atoms with Crippen molar-refractivity contribution in [2.75, 3.05) is 31.6 Å². The van der Waals surface area contributed by atoms with Crippen LogP contribution in [0.2, 0.25) is 10.0 Å². The summed E-state index contributed by atoms with van der Waals surface area (Å²) >= 11 is 11.9. The molecule has 1 saturated heterocycles. The van der Waals surface area contributed by atoms with Crippen molar-refractivity contribution in [1.82, 2.24) is 29.4 Å². The molecule has 1 aliphatic rings. The van der Waals surface area contributed by atoms with Crippen molar-refractivity contribution >= 4 is 45.1 Å². The third kappa shape index (κ3) is 6.48. The minimum atomic E-state index is -3.93. The molecule has 198 valence electrons. The highest BCUT2D eigenvalue weighted by molar-refractivity contribution is 7.89. The molecule has 0 saturated carbocycles. The van der Waals surface area contributed by atoms with Crippen molar-refractivity contribution in [3.05, 3.63) is 52.3 Å². The number of sulfonamides is 1. The molecular formula is C22H25Cl2N7O5S. The maximum atomic E-state index is 12.9. The zero-order valence-electron chi connectivity index (χ0n) is 20.0. The third-order valence-electron chi connectivity index (χ3n) is 5.43. The number of nitrogens with zero attached hydrogens (tertiary/aromatic N) is 5. The lowest BCUT2D eigenvalue weighted by Gasteiger charge is -2.26. The fourth-order valence-corrected chi connectivity index (χ4v) is 5.17. The maximum absolute atomic E-state index is 12.9. The molecule has 0 unspecified atom stereocenters. The smallest absolute Gasteiger partial charge is 0.323 e. The average Bonchev–Trinajstić information content (AvgIpc) is 3.28. The number of pyridine rings is 1. The van der Waals surface area contributed by atoms with E-state index in [9.17, 15) is 13.2 Å². The number of hydrogen-bond donors (Lipinski definition) is 2. The Kier molecular flexibility index (Phi) is 8.49. The van der Waals surface area contributed by atoms with E-state index < -0.39 is 16.1 Å². The standard InChI is InChI=1S/C22H25Cl2N7O5S/c1-3-31-20(14(2)29-37(33,34)15-7-8-16(23)17(24)13-15)27-28-22(31)36-19-6-4-5-18(25-19)26-21(32)30-9-11-35-12-10-30/h4-8,13-14,29H,3,9-12H2,1-2H3,(H,25,26,32)/t14-/m1/s1. The van der Waals surface area contributed by atoms with E-state index in [1.807, 2.05) is 6.92 Å². The largest absolute Gasteiger partial charge is 0.405 e. The van der Waals surface area contributed by atoms with E-state index in [0.717, 1.165) is 0 Å². The van der Waals surface area contributed by atoms with E-state index in [4.69, 9.17) is 32.7 Å². The third-order valence-corrected chi connectivity index (χ3v) is 7.71. The predicted octanol–water partition coefficient (Wildman–Crippen LogP) is 3.70. The molecule has 2 N–H and O–H groups in total. The van der Waals surface area contributed by atoms with Crippen LogP contribution in [-0.4, -0.2) is 65.4 Å². The molecule has 1 fully saturated rings. The average molecular weight is 570 g/mol. The van der Waals surface area contributed by atoms with Crippen molar-refractivity contribution in [2.24, 2.45) is 0 Å². The molecule has 1 aromatic carbocycles. The topological polar surface area (TPSA) is 141 Å². The summed E-state index contributed by atoms with van der Waals surface area (Å²) in [6, 6.07) is 8.05. The molecule has 12 nitrogen and oxygen atoms in total. The molecule has 2 aromatic heterocycles. The molecule has 0 radical (unpaired) electrons. The van der Waals surface area contributed by atoms with Crippen LogP contribution in [0.3, 0.4) is 0 Å². The van der Waals surface area contributed by atoms with Crippen LogP contribution >= 0.6 is 23.2 Å². The van der Waals surface area contributed by atoms with Gasteiger partial charge in [0.1, 0.15) is 5.82 Å². The van der Waals surface area contributed by atoms with Crippen molar-refractivity contribution in [3.63, 3.8) is 0 Å². The Labute approximate surface area is 223 Å². The normalized spacial score (nSPS) is 14.9. The summed E-state index contributed by atoms with van der Waals surface area (Å²) in [4.78, 5) is 18.4. The molecule has 4 rings (SSSR count). The Morgan fingerprint density at radius 2 is 1.92 bits per heavy atom. The minimum absolute atomic E-state index is 0.0343. The number of aromatic nitrogens is 4. The van der Waals surface area contributed by atoms with Gasteiger partial charge in [0.25, 0.3) is 0 Å². The number of nitrogens with one attached hydrogen (secondary N) is 2. The molecule has 3 heterocycles. The fourth-order valence-electron chi connectivity index (χ4n) is 3.58. The predicted molar refractivity (Wildman–Crippen MR) is 137 cm³/mol.